The van der Waals surface area contributed by atoms with Gasteiger partial charge in [0.05, 0.1) is 6.54 Å². The highest BCUT2D eigenvalue weighted by Crippen LogP contribution is 2.05. The molecule has 0 spiro atoms. The van der Waals surface area contributed by atoms with Crippen molar-refractivity contribution in [2.75, 3.05) is 18.6 Å². The Labute approximate surface area is 107 Å². The molecule has 17 heavy (non-hydrogen) atoms. The lowest BCUT2D eigenvalue weighted by Gasteiger charge is -2.12. The van der Waals surface area contributed by atoms with Crippen LogP contribution in [-0.4, -0.2) is 30.6 Å². The summed E-state index contributed by atoms with van der Waals surface area (Å²) in [6.07, 6.45) is 3.32. The second kappa shape index (κ2) is 6.55. The van der Waals surface area contributed by atoms with Gasteiger partial charge in [-0.05, 0) is 24.0 Å². The van der Waals surface area contributed by atoms with E-state index in [1.165, 1.54) is 17.7 Å². The summed E-state index contributed by atoms with van der Waals surface area (Å²) in [4.78, 5) is 4.47. The molecule has 1 aliphatic heterocycles. The molecule has 1 aromatic carbocycles. The Morgan fingerprint density at radius 1 is 1.41 bits per heavy atom. The van der Waals surface area contributed by atoms with Crippen molar-refractivity contribution in [1.82, 2.24) is 10.6 Å². The van der Waals surface area contributed by atoms with Gasteiger partial charge in [-0.2, -0.15) is 11.8 Å². The third-order valence-corrected chi connectivity index (χ3v) is 3.43. The maximum Gasteiger partial charge on any atom is 0.191 e. The molecular weight excluding hydrogens is 230 g/mol. The maximum atomic E-state index is 4.47. The quantitative estimate of drug-likeness (QED) is 0.836. The molecule has 1 atom stereocenters. The van der Waals surface area contributed by atoms with E-state index >= 15 is 0 Å². The van der Waals surface area contributed by atoms with Gasteiger partial charge in [0.25, 0.3) is 0 Å². The van der Waals surface area contributed by atoms with E-state index in [4.69, 9.17) is 0 Å². The molecule has 0 amide bonds. The molecule has 0 bridgehead atoms. The minimum Gasteiger partial charge on any atom is -0.352 e. The summed E-state index contributed by atoms with van der Waals surface area (Å²) in [5, 5.41) is 6.76. The van der Waals surface area contributed by atoms with Crippen LogP contribution in [0.5, 0.6) is 0 Å². The topological polar surface area (TPSA) is 36.4 Å². The molecule has 0 aliphatic carbocycles. The van der Waals surface area contributed by atoms with Crippen LogP contribution in [0.3, 0.4) is 0 Å². The van der Waals surface area contributed by atoms with E-state index in [9.17, 15) is 0 Å². The Morgan fingerprint density at radius 3 is 3.00 bits per heavy atom. The summed E-state index contributed by atoms with van der Waals surface area (Å²) < 4.78 is 0. The summed E-state index contributed by atoms with van der Waals surface area (Å²) in [6.45, 7) is 1.74. The van der Waals surface area contributed by atoms with Crippen molar-refractivity contribution in [1.29, 1.82) is 0 Å². The number of hydrogen-bond acceptors (Lipinski definition) is 4. The lowest BCUT2D eigenvalue weighted by Crippen LogP contribution is -2.38. The van der Waals surface area contributed by atoms with Crippen LogP contribution in [0.1, 0.15) is 12.0 Å². The zero-order valence-corrected chi connectivity index (χ0v) is 11.0. The standard InChI is InChI=1S/C13H19N3S/c1-17-8-7-12-10-15-13(16-12)14-9-11-5-3-2-4-6-11/h2-6,12H,7-10H2,1H3,(H2,14,15,16)/t12-/m0/s1. The van der Waals surface area contributed by atoms with Gasteiger partial charge in [-0.15, -0.1) is 0 Å². The van der Waals surface area contributed by atoms with Crippen molar-refractivity contribution in [2.45, 2.75) is 19.0 Å². The number of nitrogens with zero attached hydrogens (tertiary/aromatic N) is 1. The van der Waals surface area contributed by atoms with Crippen LogP contribution in [-0.2, 0) is 6.54 Å². The first kappa shape index (κ1) is 12.3. The molecule has 1 aromatic rings. The van der Waals surface area contributed by atoms with Gasteiger partial charge < -0.3 is 10.6 Å². The van der Waals surface area contributed by atoms with Gasteiger partial charge >= 0.3 is 0 Å². The number of nitrogens with one attached hydrogen (secondary N) is 2. The lowest BCUT2D eigenvalue weighted by atomic mass is 10.2. The van der Waals surface area contributed by atoms with Crippen LogP contribution < -0.4 is 10.6 Å². The number of benzene rings is 1. The minimum absolute atomic E-state index is 0.515. The first-order valence-electron chi connectivity index (χ1n) is 5.96. The monoisotopic (exact) mass is 249 g/mol. The zero-order chi connectivity index (χ0) is 11.9. The Hall–Kier alpha value is -1.16. The number of thioether (sulfide) groups is 1. The van der Waals surface area contributed by atoms with Crippen molar-refractivity contribution >= 4 is 17.7 Å². The summed E-state index contributed by atoms with van der Waals surface area (Å²) in [5.41, 5.74) is 1.28. The van der Waals surface area contributed by atoms with E-state index in [-0.39, 0.29) is 0 Å². The highest BCUT2D eigenvalue weighted by atomic mass is 32.2. The van der Waals surface area contributed by atoms with E-state index < -0.39 is 0 Å². The molecule has 4 heteroatoms. The Kier molecular flexibility index (Phi) is 4.74. The van der Waals surface area contributed by atoms with E-state index in [1.807, 2.05) is 17.8 Å². The Bertz CT molecular complexity index is 364. The number of hydrogen-bond donors (Lipinski definition) is 2. The second-order valence-corrected chi connectivity index (χ2v) is 5.14. The average molecular weight is 249 g/mol. The van der Waals surface area contributed by atoms with Crippen molar-refractivity contribution in [3.05, 3.63) is 35.9 Å². The molecule has 0 radical (unpaired) electrons. The van der Waals surface area contributed by atoms with Gasteiger partial charge in [0.2, 0.25) is 0 Å². The molecule has 0 saturated heterocycles. The van der Waals surface area contributed by atoms with Crippen LogP contribution in [0.2, 0.25) is 0 Å². The third kappa shape index (κ3) is 3.97. The predicted molar refractivity (Wildman–Crippen MR) is 75.5 cm³/mol. The molecular formula is C13H19N3S. The van der Waals surface area contributed by atoms with Crippen molar-refractivity contribution in [3.8, 4) is 0 Å². The fourth-order valence-electron chi connectivity index (χ4n) is 1.80. The largest absolute Gasteiger partial charge is 0.352 e. The SMILES string of the molecule is CSCC[C@H]1CN=C(NCc2ccccc2)N1. The van der Waals surface area contributed by atoms with E-state index in [2.05, 4.69) is 46.1 Å². The molecule has 92 valence electrons. The molecule has 0 saturated carbocycles. The van der Waals surface area contributed by atoms with Crippen LogP contribution in [0.25, 0.3) is 0 Å². The molecule has 1 heterocycles. The molecule has 1 aliphatic rings. The normalized spacial score (nSPS) is 18.6. The fourth-order valence-corrected chi connectivity index (χ4v) is 2.32. The molecule has 0 fully saturated rings. The van der Waals surface area contributed by atoms with Gasteiger partial charge in [0.1, 0.15) is 0 Å². The predicted octanol–water partition coefficient (Wildman–Crippen LogP) is 1.86. The zero-order valence-electron chi connectivity index (χ0n) is 10.1. The molecule has 2 rings (SSSR count). The van der Waals surface area contributed by atoms with Crippen molar-refractivity contribution in [3.63, 3.8) is 0 Å². The first-order valence-corrected chi connectivity index (χ1v) is 7.35. The van der Waals surface area contributed by atoms with Gasteiger partial charge in [-0.1, -0.05) is 30.3 Å². The van der Waals surface area contributed by atoms with E-state index in [0.717, 1.165) is 19.0 Å². The van der Waals surface area contributed by atoms with E-state index in [1.54, 1.807) is 0 Å². The van der Waals surface area contributed by atoms with Gasteiger partial charge in [-0.25, -0.2) is 0 Å². The number of rotatable bonds is 5. The Balaban J connectivity index is 1.71. The minimum atomic E-state index is 0.515. The molecule has 2 N–H and O–H groups in total. The third-order valence-electron chi connectivity index (χ3n) is 2.78. The van der Waals surface area contributed by atoms with Gasteiger partial charge in [-0.3, -0.25) is 4.99 Å². The Morgan fingerprint density at radius 2 is 2.24 bits per heavy atom. The molecule has 3 nitrogen and oxygen atoms in total. The molecule has 0 aromatic heterocycles. The summed E-state index contributed by atoms with van der Waals surface area (Å²) in [5.74, 6) is 2.14. The van der Waals surface area contributed by atoms with Crippen molar-refractivity contribution in [2.24, 2.45) is 4.99 Å². The van der Waals surface area contributed by atoms with Crippen molar-refractivity contribution < 1.29 is 0 Å². The summed E-state index contributed by atoms with van der Waals surface area (Å²) in [6, 6.07) is 10.9. The highest BCUT2D eigenvalue weighted by Gasteiger charge is 2.15. The maximum absolute atomic E-state index is 4.47. The van der Waals surface area contributed by atoms with Crippen LogP contribution in [0.15, 0.2) is 35.3 Å². The van der Waals surface area contributed by atoms with Crippen LogP contribution >= 0.6 is 11.8 Å². The van der Waals surface area contributed by atoms with Crippen LogP contribution in [0, 0.1) is 0 Å². The summed E-state index contributed by atoms with van der Waals surface area (Å²) in [7, 11) is 0. The fraction of sp³-hybridized carbons (Fsp3) is 0.462. The highest BCUT2D eigenvalue weighted by molar-refractivity contribution is 7.98. The average Bonchev–Trinajstić information content (AvgIpc) is 2.83. The first-order chi connectivity index (χ1) is 8.38. The lowest BCUT2D eigenvalue weighted by molar-refractivity contribution is 0.634. The molecule has 0 unspecified atom stereocenters. The second-order valence-electron chi connectivity index (χ2n) is 4.15. The summed E-state index contributed by atoms with van der Waals surface area (Å²) >= 11 is 1.89. The number of aliphatic imine (C=N–C) groups is 1. The van der Waals surface area contributed by atoms with Gasteiger partial charge in [0.15, 0.2) is 5.96 Å². The smallest absolute Gasteiger partial charge is 0.191 e. The van der Waals surface area contributed by atoms with E-state index in [0.29, 0.717) is 6.04 Å². The van der Waals surface area contributed by atoms with Gasteiger partial charge in [0, 0.05) is 12.6 Å². The van der Waals surface area contributed by atoms with Crippen LogP contribution in [0.4, 0.5) is 0 Å². The number of guanidine groups is 1.